The molecule has 5 heteroatoms. The van der Waals surface area contributed by atoms with Crippen molar-refractivity contribution in [3.05, 3.63) is 0 Å². The van der Waals surface area contributed by atoms with Gasteiger partial charge < -0.3 is 8.91 Å². The summed E-state index contributed by atoms with van der Waals surface area (Å²) in [6.45, 7) is 0. The van der Waals surface area contributed by atoms with Crippen LogP contribution in [0.3, 0.4) is 0 Å². The largest absolute Gasteiger partial charge is 0.446 e. The standard InChI is InChI=1S/C3H12O2SSi2/c4-8-5-7-3-1-2-6/h4,6H,1-3,7-8H2. The second kappa shape index (κ2) is 7.70. The van der Waals surface area contributed by atoms with Crippen LogP contribution in [-0.4, -0.2) is 30.3 Å². The van der Waals surface area contributed by atoms with Gasteiger partial charge in [0.25, 0.3) is 10.0 Å². The van der Waals surface area contributed by atoms with Crippen LogP contribution in [0.25, 0.3) is 0 Å². The van der Waals surface area contributed by atoms with E-state index in [-0.39, 0.29) is 9.76 Å². The Morgan fingerprint density at radius 2 is 2.38 bits per heavy atom. The number of thiol groups is 1. The molecule has 0 rings (SSSR count). The highest BCUT2D eigenvalue weighted by Crippen LogP contribution is 1.89. The zero-order valence-electron chi connectivity index (χ0n) is 4.84. The van der Waals surface area contributed by atoms with E-state index in [9.17, 15) is 0 Å². The van der Waals surface area contributed by atoms with Crippen molar-refractivity contribution in [1.29, 1.82) is 0 Å². The van der Waals surface area contributed by atoms with Gasteiger partial charge in [-0.1, -0.05) is 0 Å². The molecule has 0 atom stereocenters. The van der Waals surface area contributed by atoms with E-state index in [0.29, 0.717) is 0 Å². The van der Waals surface area contributed by atoms with Gasteiger partial charge in [-0.25, -0.2) is 0 Å². The van der Waals surface area contributed by atoms with Gasteiger partial charge in [-0.05, 0) is 18.2 Å². The lowest BCUT2D eigenvalue weighted by Crippen LogP contribution is -2.02. The Kier molecular flexibility index (Phi) is 8.38. The molecular formula is C3H12O2SSi2. The van der Waals surface area contributed by atoms with Crippen LogP contribution in [-0.2, 0) is 4.12 Å². The van der Waals surface area contributed by atoms with Crippen LogP contribution in [0.5, 0.6) is 0 Å². The summed E-state index contributed by atoms with van der Waals surface area (Å²) in [6, 6.07) is 1.16. The summed E-state index contributed by atoms with van der Waals surface area (Å²) in [5.74, 6) is 0.948. The summed E-state index contributed by atoms with van der Waals surface area (Å²) in [7, 11) is -1.41. The smallest absolute Gasteiger partial charge is 0.291 e. The molecule has 0 amide bonds. The fourth-order valence-corrected chi connectivity index (χ4v) is 2.81. The Hall–Kier alpha value is 0.704. The summed E-state index contributed by atoms with van der Waals surface area (Å²) in [6.07, 6.45) is 1.14. The van der Waals surface area contributed by atoms with E-state index < -0.39 is 10.0 Å². The van der Waals surface area contributed by atoms with E-state index >= 15 is 0 Å². The molecule has 0 radical (unpaired) electrons. The molecular weight excluding hydrogens is 156 g/mol. The summed E-state index contributed by atoms with van der Waals surface area (Å²) < 4.78 is 4.93. The number of hydrogen-bond acceptors (Lipinski definition) is 3. The van der Waals surface area contributed by atoms with E-state index in [1.165, 1.54) is 0 Å². The summed E-state index contributed by atoms with van der Waals surface area (Å²) in [5.41, 5.74) is 0. The summed E-state index contributed by atoms with van der Waals surface area (Å²) >= 11 is 4.04. The molecule has 2 nitrogen and oxygen atoms in total. The predicted octanol–water partition coefficient (Wildman–Crippen LogP) is -1.18. The van der Waals surface area contributed by atoms with E-state index in [0.717, 1.165) is 18.2 Å². The van der Waals surface area contributed by atoms with Crippen LogP contribution < -0.4 is 0 Å². The van der Waals surface area contributed by atoms with Gasteiger partial charge >= 0.3 is 0 Å². The van der Waals surface area contributed by atoms with Gasteiger partial charge in [0.05, 0.1) is 0 Å². The molecule has 0 spiro atoms. The maximum absolute atomic E-state index is 8.30. The molecule has 0 unspecified atom stereocenters. The van der Waals surface area contributed by atoms with E-state index in [1.807, 2.05) is 0 Å². The molecule has 50 valence electrons. The van der Waals surface area contributed by atoms with E-state index in [1.54, 1.807) is 0 Å². The summed E-state index contributed by atoms with van der Waals surface area (Å²) in [5, 5.41) is 0. The molecule has 8 heavy (non-hydrogen) atoms. The van der Waals surface area contributed by atoms with Crippen molar-refractivity contribution in [2.75, 3.05) is 5.75 Å². The van der Waals surface area contributed by atoms with Crippen LogP contribution in [0.2, 0.25) is 6.04 Å². The van der Waals surface area contributed by atoms with Crippen molar-refractivity contribution in [1.82, 2.24) is 0 Å². The second-order valence-electron chi connectivity index (χ2n) is 1.47. The van der Waals surface area contributed by atoms with Gasteiger partial charge in [0.15, 0.2) is 0 Å². The van der Waals surface area contributed by atoms with Crippen molar-refractivity contribution in [2.45, 2.75) is 12.5 Å². The average Bonchev–Trinajstić information content (AvgIpc) is 1.81. The zero-order valence-corrected chi connectivity index (χ0v) is 8.56. The molecule has 0 aliphatic heterocycles. The summed E-state index contributed by atoms with van der Waals surface area (Å²) in [4.78, 5) is 8.30. The Morgan fingerprint density at radius 3 is 2.88 bits per heavy atom. The minimum absolute atomic E-state index is 0.337. The van der Waals surface area contributed by atoms with Crippen molar-refractivity contribution in [3.8, 4) is 0 Å². The predicted molar refractivity (Wildman–Crippen MR) is 43.7 cm³/mol. The third kappa shape index (κ3) is 6.70. The molecule has 0 aliphatic carbocycles. The fraction of sp³-hybridized carbons (Fsp3) is 1.00. The lowest BCUT2D eigenvalue weighted by molar-refractivity contribution is 0.468. The number of rotatable bonds is 5. The van der Waals surface area contributed by atoms with Gasteiger partial charge in [-0.15, -0.1) is 0 Å². The molecule has 0 saturated carbocycles. The van der Waals surface area contributed by atoms with E-state index in [4.69, 9.17) is 8.91 Å². The zero-order chi connectivity index (χ0) is 6.24. The van der Waals surface area contributed by atoms with Crippen molar-refractivity contribution in [3.63, 3.8) is 0 Å². The minimum Gasteiger partial charge on any atom is -0.446 e. The molecule has 0 aromatic carbocycles. The SMILES string of the molecule is O[SiH2]O[SiH2]CCCS. The molecule has 1 N–H and O–H groups in total. The topological polar surface area (TPSA) is 29.5 Å². The van der Waals surface area contributed by atoms with Crippen LogP contribution >= 0.6 is 12.6 Å². The average molecular weight is 168 g/mol. The fourth-order valence-electron chi connectivity index (χ4n) is 0.380. The van der Waals surface area contributed by atoms with Crippen LogP contribution in [0.1, 0.15) is 6.42 Å². The van der Waals surface area contributed by atoms with Crippen LogP contribution in [0, 0.1) is 0 Å². The van der Waals surface area contributed by atoms with Crippen molar-refractivity contribution >= 4 is 32.4 Å². The lowest BCUT2D eigenvalue weighted by atomic mass is 10.6. The Labute approximate surface area is 60.1 Å². The van der Waals surface area contributed by atoms with Gasteiger partial charge in [-0.2, -0.15) is 12.6 Å². The van der Waals surface area contributed by atoms with Gasteiger partial charge in [0.1, 0.15) is 9.76 Å². The molecule has 0 heterocycles. The quantitative estimate of drug-likeness (QED) is 0.307. The highest BCUT2D eigenvalue weighted by Gasteiger charge is 1.85. The number of hydrogen-bond donors (Lipinski definition) is 2. The molecule has 0 aliphatic rings. The maximum Gasteiger partial charge on any atom is 0.291 e. The Morgan fingerprint density at radius 1 is 1.62 bits per heavy atom. The monoisotopic (exact) mass is 168 g/mol. The highest BCUT2D eigenvalue weighted by atomic mass is 32.1. The third-order valence-corrected chi connectivity index (χ3v) is 3.78. The molecule has 0 saturated heterocycles. The normalized spacial score (nSPS) is 12.8. The Bertz CT molecular complexity index is 40.3. The molecule has 0 aromatic heterocycles. The van der Waals surface area contributed by atoms with Gasteiger partial charge in [0, 0.05) is 0 Å². The first kappa shape index (κ1) is 8.70. The van der Waals surface area contributed by atoms with E-state index in [2.05, 4.69) is 12.6 Å². The van der Waals surface area contributed by atoms with Crippen LogP contribution in [0.15, 0.2) is 0 Å². The van der Waals surface area contributed by atoms with Crippen molar-refractivity contribution < 1.29 is 8.91 Å². The van der Waals surface area contributed by atoms with Gasteiger partial charge in [-0.3, -0.25) is 0 Å². The van der Waals surface area contributed by atoms with Crippen LogP contribution in [0.4, 0.5) is 0 Å². The minimum atomic E-state index is -1.08. The van der Waals surface area contributed by atoms with Crippen molar-refractivity contribution in [2.24, 2.45) is 0 Å². The lowest BCUT2D eigenvalue weighted by Gasteiger charge is -1.95. The Balaban J connectivity index is 2.53. The maximum atomic E-state index is 8.30. The first-order chi connectivity index (χ1) is 3.91. The first-order valence-electron chi connectivity index (χ1n) is 2.71. The van der Waals surface area contributed by atoms with Gasteiger partial charge in [0.2, 0.25) is 0 Å². The molecule has 0 bridgehead atoms. The highest BCUT2D eigenvalue weighted by molar-refractivity contribution is 7.80. The first-order valence-corrected chi connectivity index (χ1v) is 6.13. The molecule has 0 fully saturated rings. The molecule has 0 aromatic rings. The second-order valence-corrected chi connectivity index (χ2v) is 4.92. The third-order valence-electron chi connectivity index (χ3n) is 0.788.